The highest BCUT2D eigenvalue weighted by Crippen LogP contribution is 2.18. The molecule has 1 aromatic rings. The first-order valence-electron chi connectivity index (χ1n) is 5.60. The summed E-state index contributed by atoms with van der Waals surface area (Å²) in [4.78, 5) is 8.40. The van der Waals surface area contributed by atoms with Gasteiger partial charge in [0.15, 0.2) is 0 Å². The Labute approximate surface area is 86.8 Å². The molecule has 1 heterocycles. The number of rotatable bonds is 6. The molecule has 0 fully saturated rings. The van der Waals surface area contributed by atoms with E-state index < -0.39 is 0 Å². The van der Waals surface area contributed by atoms with Gasteiger partial charge in [0.05, 0.1) is 5.69 Å². The van der Waals surface area contributed by atoms with E-state index in [4.69, 9.17) is 0 Å². The van der Waals surface area contributed by atoms with Crippen LogP contribution < -0.4 is 0 Å². The van der Waals surface area contributed by atoms with Crippen molar-refractivity contribution in [1.29, 1.82) is 0 Å². The van der Waals surface area contributed by atoms with Crippen LogP contribution in [0, 0.1) is 0 Å². The molecule has 0 aromatic carbocycles. The Morgan fingerprint density at radius 3 is 2.71 bits per heavy atom. The summed E-state index contributed by atoms with van der Waals surface area (Å²) in [6.45, 7) is 4.47. The summed E-state index contributed by atoms with van der Waals surface area (Å²) in [6.07, 6.45) is 11.9. The molecule has 0 bridgehead atoms. The van der Waals surface area contributed by atoms with Gasteiger partial charge in [-0.15, -0.1) is 0 Å². The van der Waals surface area contributed by atoms with Crippen molar-refractivity contribution in [3.05, 3.63) is 24.3 Å². The zero-order valence-corrected chi connectivity index (χ0v) is 9.24. The fourth-order valence-corrected chi connectivity index (χ4v) is 1.59. The molecule has 0 N–H and O–H groups in total. The van der Waals surface area contributed by atoms with Crippen molar-refractivity contribution in [2.24, 2.45) is 0 Å². The highest BCUT2D eigenvalue weighted by atomic mass is 14.8. The van der Waals surface area contributed by atoms with E-state index in [0.29, 0.717) is 5.92 Å². The van der Waals surface area contributed by atoms with Crippen molar-refractivity contribution >= 4 is 0 Å². The molecule has 0 amide bonds. The van der Waals surface area contributed by atoms with E-state index in [0.717, 1.165) is 5.69 Å². The van der Waals surface area contributed by atoms with Gasteiger partial charge in [0.1, 0.15) is 0 Å². The molecule has 78 valence electrons. The molecule has 2 heteroatoms. The van der Waals surface area contributed by atoms with Gasteiger partial charge < -0.3 is 0 Å². The topological polar surface area (TPSA) is 25.8 Å². The fourth-order valence-electron chi connectivity index (χ4n) is 1.59. The lowest BCUT2D eigenvalue weighted by Crippen LogP contribution is -1.97. The number of hydrogen-bond acceptors (Lipinski definition) is 2. The van der Waals surface area contributed by atoms with Gasteiger partial charge in [-0.1, -0.05) is 39.5 Å². The number of hydrogen-bond donors (Lipinski definition) is 0. The Bertz CT molecular complexity index is 233. The Hall–Kier alpha value is -0.920. The lowest BCUT2D eigenvalue weighted by Gasteiger charge is -2.09. The summed E-state index contributed by atoms with van der Waals surface area (Å²) in [5, 5.41) is 0. The third-order valence-corrected chi connectivity index (χ3v) is 2.58. The normalized spacial score (nSPS) is 12.7. The highest BCUT2D eigenvalue weighted by molar-refractivity contribution is 5.01. The predicted molar refractivity (Wildman–Crippen MR) is 59.2 cm³/mol. The van der Waals surface area contributed by atoms with Crippen LogP contribution >= 0.6 is 0 Å². The maximum Gasteiger partial charge on any atom is 0.0614 e. The molecule has 0 aliphatic carbocycles. The third-order valence-electron chi connectivity index (χ3n) is 2.58. The van der Waals surface area contributed by atoms with E-state index in [1.165, 1.54) is 32.1 Å². The Morgan fingerprint density at radius 1 is 1.21 bits per heavy atom. The van der Waals surface area contributed by atoms with Crippen molar-refractivity contribution in [1.82, 2.24) is 9.97 Å². The molecule has 1 atom stereocenters. The molecular weight excluding hydrogens is 172 g/mol. The lowest BCUT2D eigenvalue weighted by atomic mass is 10.00. The maximum absolute atomic E-state index is 4.32. The minimum Gasteiger partial charge on any atom is -0.261 e. The SMILES string of the molecule is CCCCCCC(C)c1cnccn1. The van der Waals surface area contributed by atoms with Gasteiger partial charge in [-0.2, -0.15) is 0 Å². The van der Waals surface area contributed by atoms with E-state index in [1.807, 2.05) is 6.20 Å². The minimum absolute atomic E-state index is 0.556. The van der Waals surface area contributed by atoms with Crippen LogP contribution in [0.25, 0.3) is 0 Å². The van der Waals surface area contributed by atoms with Crippen LogP contribution in [0.4, 0.5) is 0 Å². The quantitative estimate of drug-likeness (QED) is 0.644. The molecule has 2 nitrogen and oxygen atoms in total. The first kappa shape index (κ1) is 11.2. The van der Waals surface area contributed by atoms with E-state index in [-0.39, 0.29) is 0 Å². The predicted octanol–water partition coefficient (Wildman–Crippen LogP) is 3.55. The summed E-state index contributed by atoms with van der Waals surface area (Å²) in [6, 6.07) is 0. The van der Waals surface area contributed by atoms with Crippen molar-refractivity contribution in [3.63, 3.8) is 0 Å². The highest BCUT2D eigenvalue weighted by Gasteiger charge is 2.05. The molecule has 0 aliphatic heterocycles. The molecule has 0 aliphatic rings. The Balaban J connectivity index is 2.25. The average molecular weight is 192 g/mol. The monoisotopic (exact) mass is 192 g/mol. The Kier molecular flexibility index (Phi) is 5.20. The fraction of sp³-hybridized carbons (Fsp3) is 0.667. The molecule has 0 spiro atoms. The zero-order valence-electron chi connectivity index (χ0n) is 9.24. The molecule has 0 saturated heterocycles. The first-order chi connectivity index (χ1) is 6.84. The van der Waals surface area contributed by atoms with Gasteiger partial charge in [-0.3, -0.25) is 9.97 Å². The van der Waals surface area contributed by atoms with Crippen LogP contribution in [0.2, 0.25) is 0 Å². The van der Waals surface area contributed by atoms with Crippen LogP contribution in [0.1, 0.15) is 57.6 Å². The third kappa shape index (κ3) is 3.86. The largest absolute Gasteiger partial charge is 0.261 e. The van der Waals surface area contributed by atoms with E-state index in [2.05, 4.69) is 23.8 Å². The summed E-state index contributed by atoms with van der Waals surface area (Å²) >= 11 is 0. The molecule has 1 unspecified atom stereocenters. The first-order valence-corrected chi connectivity index (χ1v) is 5.60. The van der Waals surface area contributed by atoms with Gasteiger partial charge in [-0.25, -0.2) is 0 Å². The summed E-state index contributed by atoms with van der Waals surface area (Å²) < 4.78 is 0. The maximum atomic E-state index is 4.32. The molecule has 1 rings (SSSR count). The van der Waals surface area contributed by atoms with Crippen molar-refractivity contribution in [3.8, 4) is 0 Å². The van der Waals surface area contributed by atoms with Crippen LogP contribution in [-0.4, -0.2) is 9.97 Å². The zero-order chi connectivity index (χ0) is 10.2. The minimum atomic E-state index is 0.556. The molecule has 0 radical (unpaired) electrons. The lowest BCUT2D eigenvalue weighted by molar-refractivity contribution is 0.570. The number of aromatic nitrogens is 2. The second kappa shape index (κ2) is 6.52. The van der Waals surface area contributed by atoms with Crippen molar-refractivity contribution in [2.45, 2.75) is 51.9 Å². The smallest absolute Gasteiger partial charge is 0.0614 e. The van der Waals surface area contributed by atoms with E-state index in [1.54, 1.807) is 12.4 Å². The molecule has 0 saturated carbocycles. The van der Waals surface area contributed by atoms with Gasteiger partial charge in [-0.05, 0) is 12.3 Å². The van der Waals surface area contributed by atoms with Crippen molar-refractivity contribution < 1.29 is 0 Å². The second-order valence-corrected chi connectivity index (χ2v) is 3.88. The average Bonchev–Trinajstić information content (AvgIpc) is 2.25. The molecular formula is C12H20N2. The van der Waals surface area contributed by atoms with Gasteiger partial charge >= 0.3 is 0 Å². The van der Waals surface area contributed by atoms with Crippen LogP contribution in [0.3, 0.4) is 0 Å². The van der Waals surface area contributed by atoms with Gasteiger partial charge in [0.2, 0.25) is 0 Å². The standard InChI is InChI=1S/C12H20N2/c1-3-4-5-6-7-11(2)12-10-13-8-9-14-12/h8-11H,3-7H2,1-2H3. The van der Waals surface area contributed by atoms with E-state index in [9.17, 15) is 0 Å². The van der Waals surface area contributed by atoms with Gasteiger partial charge in [0, 0.05) is 18.6 Å². The molecule has 14 heavy (non-hydrogen) atoms. The summed E-state index contributed by atoms with van der Waals surface area (Å²) in [5.41, 5.74) is 1.13. The van der Waals surface area contributed by atoms with Gasteiger partial charge in [0.25, 0.3) is 0 Å². The van der Waals surface area contributed by atoms with E-state index >= 15 is 0 Å². The molecule has 1 aromatic heterocycles. The van der Waals surface area contributed by atoms with Crippen LogP contribution in [-0.2, 0) is 0 Å². The summed E-state index contributed by atoms with van der Waals surface area (Å²) in [7, 11) is 0. The number of unbranched alkanes of at least 4 members (excludes halogenated alkanes) is 3. The van der Waals surface area contributed by atoms with Crippen LogP contribution in [0.5, 0.6) is 0 Å². The Morgan fingerprint density at radius 2 is 2.07 bits per heavy atom. The number of nitrogens with zero attached hydrogens (tertiary/aromatic N) is 2. The van der Waals surface area contributed by atoms with Crippen LogP contribution in [0.15, 0.2) is 18.6 Å². The second-order valence-electron chi connectivity index (χ2n) is 3.88. The summed E-state index contributed by atoms with van der Waals surface area (Å²) in [5.74, 6) is 0.556. The van der Waals surface area contributed by atoms with Crippen molar-refractivity contribution in [2.75, 3.05) is 0 Å².